The van der Waals surface area contributed by atoms with Gasteiger partial charge >= 0.3 is 0 Å². The lowest BCUT2D eigenvalue weighted by Crippen LogP contribution is -2.17. The molecule has 0 aliphatic heterocycles. The molecule has 1 unspecified atom stereocenters. The number of hydrogen-bond donors (Lipinski definition) is 0. The summed E-state index contributed by atoms with van der Waals surface area (Å²) in [5.74, 6) is 0.269. The lowest BCUT2D eigenvalue weighted by atomic mass is 9.89. The van der Waals surface area contributed by atoms with Crippen molar-refractivity contribution in [2.45, 2.75) is 12.3 Å². The largest absolute Gasteiger partial charge is 0.311 e. The van der Waals surface area contributed by atoms with Crippen LogP contribution in [0.2, 0.25) is 0 Å². The van der Waals surface area contributed by atoms with Gasteiger partial charge in [0.05, 0.1) is 0 Å². The Kier molecular flexibility index (Phi) is 10.9. The van der Waals surface area contributed by atoms with E-state index in [1.165, 1.54) is 55.8 Å². The van der Waals surface area contributed by atoms with E-state index in [0.29, 0.717) is 0 Å². The Labute approximate surface area is 365 Å². The molecule has 0 amide bonds. The fourth-order valence-corrected chi connectivity index (χ4v) is 8.56. The van der Waals surface area contributed by atoms with E-state index in [1.54, 1.807) is 0 Å². The van der Waals surface area contributed by atoms with Gasteiger partial charge in [0, 0.05) is 40.1 Å². The number of hydrogen-bond acceptors (Lipinski definition) is 2. The van der Waals surface area contributed by atoms with Crippen molar-refractivity contribution in [2.24, 2.45) is 0 Å². The molecule has 9 aromatic carbocycles. The number of allylic oxidation sites excluding steroid dienone is 3. The molecule has 0 saturated carbocycles. The Morgan fingerprint density at radius 2 is 0.645 bits per heavy atom. The molecule has 0 heterocycles. The van der Waals surface area contributed by atoms with Crippen LogP contribution >= 0.6 is 0 Å². The monoisotopic (exact) mass is 794 g/mol. The van der Waals surface area contributed by atoms with Crippen molar-refractivity contribution in [1.29, 1.82) is 0 Å². The quantitative estimate of drug-likeness (QED) is 0.129. The molecule has 0 saturated heterocycles. The molecule has 10 rings (SSSR count). The van der Waals surface area contributed by atoms with E-state index in [9.17, 15) is 0 Å². The molecule has 1 atom stereocenters. The molecule has 296 valence electrons. The van der Waals surface area contributed by atoms with E-state index in [1.807, 2.05) is 0 Å². The highest BCUT2D eigenvalue weighted by molar-refractivity contribution is 5.82. The summed E-state index contributed by atoms with van der Waals surface area (Å²) in [6, 6.07) is 87.1. The molecule has 1 aliphatic rings. The number of anilines is 5. The standard InChI is InChI=1S/C60H46N2/c1-5-15-45(16-6-1)49-35-39-57(40-36-49)61(55-21-9-3-10-22-55)59-25-13-19-53(43-59)51-31-27-47(28-32-51)48-29-33-52(34-30-48)54-20-14-26-60(44-54)62(56-23-11-4-12-24-56)58-41-37-50(38-42-58)46-17-7-2-8-18-46/h1-19,21-44,54H,20H2. The van der Waals surface area contributed by atoms with Gasteiger partial charge in [0.15, 0.2) is 0 Å². The second-order valence-corrected chi connectivity index (χ2v) is 15.8. The van der Waals surface area contributed by atoms with Gasteiger partial charge in [-0.2, -0.15) is 0 Å². The van der Waals surface area contributed by atoms with Crippen molar-refractivity contribution in [3.8, 4) is 44.5 Å². The molecule has 2 heteroatoms. The predicted octanol–water partition coefficient (Wildman–Crippen LogP) is 16.6. The van der Waals surface area contributed by atoms with Crippen LogP contribution in [0.15, 0.2) is 267 Å². The molecule has 0 aromatic heterocycles. The molecule has 0 fully saturated rings. The van der Waals surface area contributed by atoms with Crippen LogP contribution in [0.5, 0.6) is 0 Å². The average molecular weight is 795 g/mol. The molecule has 0 N–H and O–H groups in total. The van der Waals surface area contributed by atoms with Crippen molar-refractivity contribution < 1.29 is 0 Å². The normalized spacial score (nSPS) is 13.3. The van der Waals surface area contributed by atoms with Crippen molar-refractivity contribution in [2.75, 3.05) is 9.80 Å². The van der Waals surface area contributed by atoms with Gasteiger partial charge in [-0.15, -0.1) is 0 Å². The van der Waals surface area contributed by atoms with E-state index in [4.69, 9.17) is 0 Å². The van der Waals surface area contributed by atoms with Crippen LogP contribution in [-0.4, -0.2) is 0 Å². The lowest BCUT2D eigenvalue weighted by Gasteiger charge is -2.29. The number of rotatable bonds is 11. The van der Waals surface area contributed by atoms with Crippen LogP contribution in [-0.2, 0) is 0 Å². The van der Waals surface area contributed by atoms with Crippen molar-refractivity contribution in [3.05, 3.63) is 272 Å². The van der Waals surface area contributed by atoms with Gasteiger partial charge in [0.1, 0.15) is 0 Å². The third-order valence-corrected chi connectivity index (χ3v) is 11.8. The van der Waals surface area contributed by atoms with Gasteiger partial charge in [-0.05, 0) is 123 Å². The maximum absolute atomic E-state index is 2.43. The van der Waals surface area contributed by atoms with Gasteiger partial charge in [-0.3, -0.25) is 0 Å². The number of nitrogens with zero attached hydrogens (tertiary/aromatic N) is 2. The van der Waals surface area contributed by atoms with Crippen LogP contribution in [0, 0.1) is 0 Å². The zero-order chi connectivity index (χ0) is 41.5. The molecular weight excluding hydrogens is 749 g/mol. The predicted molar refractivity (Wildman–Crippen MR) is 262 cm³/mol. The molecule has 0 bridgehead atoms. The first kappa shape index (κ1) is 38.3. The molecular formula is C60H46N2. The first-order chi connectivity index (χ1) is 30.7. The third kappa shape index (κ3) is 8.28. The smallest absolute Gasteiger partial charge is 0.0467 e. The van der Waals surface area contributed by atoms with E-state index in [0.717, 1.165) is 34.9 Å². The van der Waals surface area contributed by atoms with Gasteiger partial charge in [0.25, 0.3) is 0 Å². The first-order valence-corrected chi connectivity index (χ1v) is 21.4. The minimum Gasteiger partial charge on any atom is -0.311 e. The van der Waals surface area contributed by atoms with Crippen molar-refractivity contribution >= 4 is 28.4 Å². The van der Waals surface area contributed by atoms with Crippen LogP contribution in [0.25, 0.3) is 44.5 Å². The summed E-state index contributed by atoms with van der Waals surface area (Å²) >= 11 is 0. The number of benzene rings is 9. The van der Waals surface area contributed by atoms with E-state index in [-0.39, 0.29) is 5.92 Å². The first-order valence-electron chi connectivity index (χ1n) is 21.4. The molecule has 0 spiro atoms. The molecule has 0 radical (unpaired) electrons. The highest BCUT2D eigenvalue weighted by Gasteiger charge is 2.20. The minimum atomic E-state index is 0.269. The third-order valence-electron chi connectivity index (χ3n) is 11.8. The van der Waals surface area contributed by atoms with Gasteiger partial charge in [0.2, 0.25) is 0 Å². The van der Waals surface area contributed by atoms with Crippen LogP contribution in [0.1, 0.15) is 17.9 Å². The topological polar surface area (TPSA) is 6.48 Å². The van der Waals surface area contributed by atoms with E-state index >= 15 is 0 Å². The summed E-state index contributed by atoms with van der Waals surface area (Å²) in [5, 5.41) is 0. The SMILES string of the molecule is C1=CC(N(c2ccccc2)c2ccc(-c3ccccc3)cc2)=CC(c2ccc(-c3ccc(-c4cccc(N(c5ccccc5)c5ccc(-c6ccccc6)cc5)c4)cc3)cc2)C1. The van der Waals surface area contributed by atoms with Crippen molar-refractivity contribution in [1.82, 2.24) is 0 Å². The summed E-state index contributed by atoms with van der Waals surface area (Å²) in [4.78, 5) is 4.70. The minimum absolute atomic E-state index is 0.269. The highest BCUT2D eigenvalue weighted by atomic mass is 15.1. The molecule has 2 nitrogen and oxygen atoms in total. The van der Waals surface area contributed by atoms with Crippen LogP contribution in [0.4, 0.5) is 28.4 Å². The fourth-order valence-electron chi connectivity index (χ4n) is 8.56. The Bertz CT molecular complexity index is 2920. The average Bonchev–Trinajstić information content (AvgIpc) is 3.36. The van der Waals surface area contributed by atoms with Crippen LogP contribution in [0.3, 0.4) is 0 Å². The zero-order valence-corrected chi connectivity index (χ0v) is 34.5. The summed E-state index contributed by atoms with van der Waals surface area (Å²) in [6.07, 6.45) is 7.97. The second-order valence-electron chi connectivity index (χ2n) is 15.8. The lowest BCUT2D eigenvalue weighted by molar-refractivity contribution is 0.838. The Hall–Kier alpha value is -7.94. The Morgan fingerprint density at radius 1 is 0.290 bits per heavy atom. The van der Waals surface area contributed by atoms with Crippen LogP contribution < -0.4 is 9.80 Å². The second kappa shape index (κ2) is 17.7. The molecule has 9 aromatic rings. The van der Waals surface area contributed by atoms with Gasteiger partial charge in [-0.25, -0.2) is 0 Å². The van der Waals surface area contributed by atoms with E-state index in [2.05, 4.69) is 271 Å². The van der Waals surface area contributed by atoms with Gasteiger partial charge in [-0.1, -0.05) is 194 Å². The molecule has 1 aliphatic carbocycles. The Morgan fingerprint density at radius 3 is 1.16 bits per heavy atom. The fraction of sp³-hybridized carbons (Fsp3) is 0.0333. The summed E-state index contributed by atoms with van der Waals surface area (Å²) < 4.78 is 0. The molecule has 62 heavy (non-hydrogen) atoms. The summed E-state index contributed by atoms with van der Waals surface area (Å²) in [5.41, 5.74) is 17.8. The Balaban J connectivity index is 0.880. The van der Waals surface area contributed by atoms with Gasteiger partial charge < -0.3 is 9.80 Å². The maximum Gasteiger partial charge on any atom is 0.0467 e. The summed E-state index contributed by atoms with van der Waals surface area (Å²) in [7, 11) is 0. The zero-order valence-electron chi connectivity index (χ0n) is 34.5. The van der Waals surface area contributed by atoms with E-state index < -0.39 is 0 Å². The summed E-state index contributed by atoms with van der Waals surface area (Å²) in [6.45, 7) is 0. The maximum atomic E-state index is 2.43. The number of para-hydroxylation sites is 2. The van der Waals surface area contributed by atoms with Crippen molar-refractivity contribution in [3.63, 3.8) is 0 Å². The highest BCUT2D eigenvalue weighted by Crippen LogP contribution is 2.39.